The first kappa shape index (κ1) is 20.8. The summed E-state index contributed by atoms with van der Waals surface area (Å²) >= 11 is 0. The Morgan fingerprint density at radius 1 is 0.824 bits per heavy atom. The number of hydrogen-bond acceptors (Lipinski definition) is 3. The van der Waals surface area contributed by atoms with Gasteiger partial charge in [-0.25, -0.2) is 4.98 Å². The third-order valence-corrected chi connectivity index (χ3v) is 7.06. The molecule has 6 rings (SSSR count). The van der Waals surface area contributed by atoms with Crippen molar-refractivity contribution >= 4 is 43.7 Å². The second kappa shape index (κ2) is 7.66. The van der Waals surface area contributed by atoms with Crippen LogP contribution >= 0.6 is 0 Å². The first-order valence-corrected chi connectivity index (χ1v) is 12.0. The minimum Gasteiger partial charge on any atom is -0.342 e. The molecule has 1 aliphatic rings. The first-order chi connectivity index (χ1) is 16.4. The Labute approximate surface area is 199 Å². The van der Waals surface area contributed by atoms with Gasteiger partial charge < -0.3 is 4.98 Å². The summed E-state index contributed by atoms with van der Waals surface area (Å²) in [5.41, 5.74) is 7.13. The van der Waals surface area contributed by atoms with Gasteiger partial charge in [0, 0.05) is 47.6 Å². The van der Waals surface area contributed by atoms with Gasteiger partial charge in [-0.15, -0.1) is 0 Å². The van der Waals surface area contributed by atoms with Crippen molar-refractivity contribution in [3.63, 3.8) is 0 Å². The van der Waals surface area contributed by atoms with Crippen molar-refractivity contribution in [1.29, 1.82) is 0 Å². The molecule has 1 aliphatic heterocycles. The van der Waals surface area contributed by atoms with Gasteiger partial charge in [-0.05, 0) is 45.3 Å². The number of imidazole rings is 1. The molecule has 0 saturated carbocycles. The molecule has 5 heteroatoms. The van der Waals surface area contributed by atoms with Crippen LogP contribution in [0.5, 0.6) is 0 Å². The van der Waals surface area contributed by atoms with E-state index in [0.29, 0.717) is 11.8 Å². The van der Waals surface area contributed by atoms with E-state index in [-0.39, 0.29) is 0 Å². The normalized spacial score (nSPS) is 14.2. The fourth-order valence-corrected chi connectivity index (χ4v) is 5.05. The van der Waals surface area contributed by atoms with Gasteiger partial charge in [-0.3, -0.25) is 9.67 Å². The number of allylic oxidation sites excluding steroid dienone is 1. The van der Waals surface area contributed by atoms with Gasteiger partial charge in [0.1, 0.15) is 5.82 Å². The minimum atomic E-state index is 0.369. The predicted molar refractivity (Wildman–Crippen MR) is 142 cm³/mol. The molecular weight excluding hydrogens is 418 g/mol. The zero-order chi connectivity index (χ0) is 23.6. The SMILES string of the molecule is CC(C)C1=NC=C(c2ccc3c(c2)c2cnn(C)c2c2cc(-c4cnc(C(C)C)[nH]4)ccc32)C1. The largest absolute Gasteiger partial charge is 0.342 e. The second-order valence-electron chi connectivity index (χ2n) is 9.99. The van der Waals surface area contributed by atoms with E-state index in [0.717, 1.165) is 29.0 Å². The minimum absolute atomic E-state index is 0.369. The zero-order valence-electron chi connectivity index (χ0n) is 20.3. The molecule has 3 heterocycles. The number of benzene rings is 3. The molecule has 0 amide bonds. The highest BCUT2D eigenvalue weighted by molar-refractivity contribution is 6.25. The molecule has 0 radical (unpaired) electrons. The number of nitrogens with zero attached hydrogens (tertiary/aromatic N) is 4. The molecule has 5 aromatic rings. The lowest BCUT2D eigenvalue weighted by Crippen LogP contribution is -2.04. The third kappa shape index (κ3) is 3.18. The van der Waals surface area contributed by atoms with Crippen molar-refractivity contribution in [3.8, 4) is 11.3 Å². The van der Waals surface area contributed by atoms with Crippen LogP contribution < -0.4 is 0 Å². The highest BCUT2D eigenvalue weighted by atomic mass is 15.2. The number of fused-ring (bicyclic) bond motifs is 6. The topological polar surface area (TPSA) is 58.9 Å². The van der Waals surface area contributed by atoms with Gasteiger partial charge in [-0.1, -0.05) is 52.0 Å². The zero-order valence-corrected chi connectivity index (χ0v) is 20.3. The lowest BCUT2D eigenvalue weighted by molar-refractivity contribution is 0.795. The van der Waals surface area contributed by atoms with Crippen molar-refractivity contribution in [2.75, 3.05) is 0 Å². The van der Waals surface area contributed by atoms with Crippen molar-refractivity contribution in [3.05, 3.63) is 66.4 Å². The molecule has 0 spiro atoms. The average Bonchev–Trinajstić information content (AvgIpc) is 3.58. The van der Waals surface area contributed by atoms with Crippen LogP contribution in [0.4, 0.5) is 0 Å². The summed E-state index contributed by atoms with van der Waals surface area (Å²) in [6, 6.07) is 13.5. The summed E-state index contributed by atoms with van der Waals surface area (Å²) in [6.45, 7) is 8.73. The quantitative estimate of drug-likeness (QED) is 0.295. The molecule has 1 N–H and O–H groups in total. The Kier molecular flexibility index (Phi) is 4.70. The molecular formula is C29H29N5. The number of rotatable bonds is 4. The lowest BCUT2D eigenvalue weighted by atomic mass is 9.92. The summed E-state index contributed by atoms with van der Waals surface area (Å²) < 4.78 is 1.99. The highest BCUT2D eigenvalue weighted by Gasteiger charge is 2.18. The van der Waals surface area contributed by atoms with Gasteiger partial charge in [0.15, 0.2) is 0 Å². The van der Waals surface area contributed by atoms with Gasteiger partial charge >= 0.3 is 0 Å². The van der Waals surface area contributed by atoms with Gasteiger partial charge in [0.2, 0.25) is 0 Å². The molecule has 170 valence electrons. The molecule has 2 aromatic heterocycles. The number of nitrogens with one attached hydrogen (secondary N) is 1. The van der Waals surface area contributed by atoms with Gasteiger partial charge in [0.05, 0.1) is 23.6 Å². The summed E-state index contributed by atoms with van der Waals surface area (Å²) in [5.74, 6) is 1.86. The van der Waals surface area contributed by atoms with Crippen molar-refractivity contribution in [2.24, 2.45) is 18.0 Å². The molecule has 3 aromatic carbocycles. The molecule has 0 aliphatic carbocycles. The van der Waals surface area contributed by atoms with Crippen LogP contribution in [-0.4, -0.2) is 25.5 Å². The van der Waals surface area contributed by atoms with E-state index in [1.807, 2.05) is 30.3 Å². The molecule has 0 saturated heterocycles. The number of aromatic amines is 1. The van der Waals surface area contributed by atoms with Crippen molar-refractivity contribution in [1.82, 2.24) is 19.7 Å². The Balaban J connectivity index is 1.54. The van der Waals surface area contributed by atoms with E-state index in [1.54, 1.807) is 0 Å². The summed E-state index contributed by atoms with van der Waals surface area (Å²) in [5, 5.41) is 10.8. The molecule has 0 atom stereocenters. The number of H-pyrrole nitrogens is 1. The van der Waals surface area contributed by atoms with E-state index in [2.05, 4.69) is 84.2 Å². The van der Waals surface area contributed by atoms with Crippen molar-refractivity contribution in [2.45, 2.75) is 40.0 Å². The highest BCUT2D eigenvalue weighted by Crippen LogP contribution is 2.38. The van der Waals surface area contributed by atoms with Crippen LogP contribution in [0.25, 0.3) is 49.3 Å². The summed E-state index contributed by atoms with van der Waals surface area (Å²) in [4.78, 5) is 12.7. The first-order valence-electron chi connectivity index (χ1n) is 12.0. The van der Waals surface area contributed by atoms with E-state index in [4.69, 9.17) is 0 Å². The van der Waals surface area contributed by atoms with Crippen LogP contribution in [0, 0.1) is 5.92 Å². The van der Waals surface area contributed by atoms with E-state index in [9.17, 15) is 0 Å². The van der Waals surface area contributed by atoms with Gasteiger partial charge in [0.25, 0.3) is 0 Å². The molecule has 0 unspecified atom stereocenters. The fraction of sp³-hybridized carbons (Fsp3) is 0.276. The van der Waals surface area contributed by atoms with Crippen LogP contribution in [0.3, 0.4) is 0 Å². The van der Waals surface area contributed by atoms with E-state index >= 15 is 0 Å². The van der Waals surface area contributed by atoms with Crippen LogP contribution in [0.1, 0.15) is 51.4 Å². The smallest absolute Gasteiger partial charge is 0.109 e. The maximum Gasteiger partial charge on any atom is 0.109 e. The monoisotopic (exact) mass is 447 g/mol. The summed E-state index contributed by atoms with van der Waals surface area (Å²) in [7, 11) is 2.03. The fourth-order valence-electron chi connectivity index (χ4n) is 5.05. The van der Waals surface area contributed by atoms with Crippen LogP contribution in [0.15, 0.2) is 60.0 Å². The third-order valence-electron chi connectivity index (χ3n) is 7.06. The second-order valence-corrected chi connectivity index (χ2v) is 9.99. The summed E-state index contributed by atoms with van der Waals surface area (Å²) in [6.07, 6.45) is 6.91. The standard InChI is InChI=1S/C29H29N5/c1-16(2)26-12-20(13-30-26)18-6-8-21-22-9-7-19(27-15-31-29(33-27)17(3)4)11-24(22)28-25(23(21)10-18)14-32-34(28)5/h6-11,13-17H,12H2,1-5H3,(H,31,33). The Morgan fingerprint density at radius 2 is 1.56 bits per heavy atom. The average molecular weight is 448 g/mol. The molecule has 34 heavy (non-hydrogen) atoms. The number of hydrogen-bond donors (Lipinski definition) is 1. The van der Waals surface area contributed by atoms with Crippen LogP contribution in [0.2, 0.25) is 0 Å². The predicted octanol–water partition coefficient (Wildman–Crippen LogP) is 7.23. The Morgan fingerprint density at radius 3 is 2.26 bits per heavy atom. The maximum absolute atomic E-state index is 4.67. The number of aromatic nitrogens is 4. The van der Waals surface area contributed by atoms with Gasteiger partial charge in [-0.2, -0.15) is 5.10 Å². The van der Waals surface area contributed by atoms with Crippen molar-refractivity contribution < 1.29 is 0 Å². The Hall–Kier alpha value is -3.73. The lowest BCUT2D eigenvalue weighted by Gasteiger charge is -2.12. The molecule has 5 nitrogen and oxygen atoms in total. The van der Waals surface area contributed by atoms with E-state index < -0.39 is 0 Å². The number of aryl methyl sites for hydroxylation is 1. The molecule has 0 bridgehead atoms. The molecule has 0 fully saturated rings. The van der Waals surface area contributed by atoms with Crippen LogP contribution in [-0.2, 0) is 7.05 Å². The maximum atomic E-state index is 4.67. The van der Waals surface area contributed by atoms with E-state index in [1.165, 1.54) is 43.8 Å². The number of aliphatic imine (C=N–C) groups is 1. The Bertz CT molecular complexity index is 1640.